The summed E-state index contributed by atoms with van der Waals surface area (Å²) in [5.41, 5.74) is 1.01. The molecule has 0 spiro atoms. The lowest BCUT2D eigenvalue weighted by atomic mass is 10.3. The molecule has 9 heavy (non-hydrogen) atoms. The van der Waals surface area contributed by atoms with Crippen molar-refractivity contribution < 1.29 is 4.74 Å². The lowest BCUT2D eigenvalue weighted by Crippen LogP contribution is -1.91. The van der Waals surface area contributed by atoms with Crippen molar-refractivity contribution in [1.82, 2.24) is 10.2 Å². The molecule has 0 N–H and O–H groups in total. The second-order valence-corrected chi connectivity index (χ2v) is 1.72. The molecule has 0 saturated carbocycles. The third kappa shape index (κ3) is 1.16. The summed E-state index contributed by atoms with van der Waals surface area (Å²) >= 11 is 0. The molecule has 0 fully saturated rings. The van der Waals surface area contributed by atoms with E-state index in [1.54, 1.807) is 13.3 Å². The van der Waals surface area contributed by atoms with Gasteiger partial charge in [0.25, 0.3) is 0 Å². The lowest BCUT2D eigenvalue weighted by molar-refractivity contribution is 0.388. The first-order chi connectivity index (χ1) is 4.34. The van der Waals surface area contributed by atoms with Gasteiger partial charge >= 0.3 is 0 Å². The van der Waals surface area contributed by atoms with Crippen LogP contribution in [-0.2, 0) is 0 Å². The van der Waals surface area contributed by atoms with Crippen LogP contribution in [0.1, 0.15) is 5.56 Å². The Kier molecular flexibility index (Phi) is 1.63. The summed E-state index contributed by atoms with van der Waals surface area (Å²) in [6, 6.07) is 1.85. The highest BCUT2D eigenvalue weighted by atomic mass is 16.5. The first-order valence-electron chi connectivity index (χ1n) is 2.67. The van der Waals surface area contributed by atoms with E-state index in [2.05, 4.69) is 10.2 Å². The molecule has 0 amide bonds. The highest BCUT2D eigenvalue weighted by Crippen LogP contribution is 2.08. The molecule has 1 aromatic heterocycles. The van der Waals surface area contributed by atoms with Gasteiger partial charge in [-0.05, 0) is 13.0 Å². The van der Waals surface area contributed by atoms with Crippen LogP contribution >= 0.6 is 0 Å². The maximum Gasteiger partial charge on any atom is 0.236 e. The van der Waals surface area contributed by atoms with Crippen LogP contribution in [0.3, 0.4) is 0 Å². The number of hydrogen-bond acceptors (Lipinski definition) is 3. The van der Waals surface area contributed by atoms with Gasteiger partial charge in [-0.3, -0.25) is 0 Å². The van der Waals surface area contributed by atoms with E-state index in [0.29, 0.717) is 5.88 Å². The highest BCUT2D eigenvalue weighted by molar-refractivity contribution is 5.20. The van der Waals surface area contributed by atoms with Crippen molar-refractivity contribution in [3.63, 3.8) is 0 Å². The van der Waals surface area contributed by atoms with E-state index in [9.17, 15) is 0 Å². The van der Waals surface area contributed by atoms with E-state index >= 15 is 0 Å². The van der Waals surface area contributed by atoms with Gasteiger partial charge in [0.1, 0.15) is 0 Å². The van der Waals surface area contributed by atoms with Gasteiger partial charge in [-0.15, -0.1) is 5.10 Å². The Bertz CT molecular complexity index is 200. The van der Waals surface area contributed by atoms with Crippen molar-refractivity contribution in [2.24, 2.45) is 0 Å². The smallest absolute Gasteiger partial charge is 0.236 e. The van der Waals surface area contributed by atoms with Crippen LogP contribution in [0.4, 0.5) is 0 Å². The van der Waals surface area contributed by atoms with Crippen molar-refractivity contribution in [2.45, 2.75) is 6.92 Å². The van der Waals surface area contributed by atoms with Crippen LogP contribution in [0.2, 0.25) is 0 Å². The Hall–Kier alpha value is -1.12. The van der Waals surface area contributed by atoms with Gasteiger partial charge in [0.2, 0.25) is 5.88 Å². The molecule has 0 saturated heterocycles. The quantitative estimate of drug-likeness (QED) is 0.555. The van der Waals surface area contributed by atoms with Gasteiger partial charge in [-0.25, -0.2) is 0 Å². The molecule has 0 radical (unpaired) electrons. The summed E-state index contributed by atoms with van der Waals surface area (Å²) < 4.78 is 4.87. The monoisotopic (exact) mass is 124 g/mol. The Morgan fingerprint density at radius 1 is 1.56 bits per heavy atom. The van der Waals surface area contributed by atoms with Crippen molar-refractivity contribution in [1.29, 1.82) is 0 Å². The molecule has 0 unspecified atom stereocenters. The second-order valence-electron chi connectivity index (χ2n) is 1.72. The van der Waals surface area contributed by atoms with Crippen LogP contribution in [0, 0.1) is 6.92 Å². The predicted molar refractivity (Wildman–Crippen MR) is 33.3 cm³/mol. The van der Waals surface area contributed by atoms with Crippen molar-refractivity contribution in [3.05, 3.63) is 17.8 Å². The predicted octanol–water partition coefficient (Wildman–Crippen LogP) is 0.794. The van der Waals surface area contributed by atoms with Gasteiger partial charge in [0.05, 0.1) is 13.3 Å². The Balaban J connectivity index is 3.01. The first kappa shape index (κ1) is 6.01. The molecular weight excluding hydrogens is 116 g/mol. The summed E-state index contributed by atoms with van der Waals surface area (Å²) in [5, 5.41) is 7.37. The zero-order valence-electron chi connectivity index (χ0n) is 5.46. The van der Waals surface area contributed by atoms with Crippen LogP contribution in [-0.4, -0.2) is 17.3 Å². The molecule has 0 aliphatic heterocycles. The standard InChI is InChI=1S/C6H8N2O/c1-5-3-4-7-8-6(5)9-2/h3-4H,1-2H3. The summed E-state index contributed by atoms with van der Waals surface area (Å²) in [5.74, 6) is 0.595. The summed E-state index contributed by atoms with van der Waals surface area (Å²) in [6.45, 7) is 1.92. The van der Waals surface area contributed by atoms with Crippen molar-refractivity contribution in [2.75, 3.05) is 7.11 Å². The summed E-state index contributed by atoms with van der Waals surface area (Å²) in [7, 11) is 1.58. The fourth-order valence-electron chi connectivity index (χ4n) is 0.583. The molecule has 48 valence electrons. The summed E-state index contributed by atoms with van der Waals surface area (Å²) in [6.07, 6.45) is 1.64. The van der Waals surface area contributed by atoms with Gasteiger partial charge in [0, 0.05) is 5.56 Å². The average molecular weight is 124 g/mol. The molecule has 3 nitrogen and oxygen atoms in total. The Morgan fingerprint density at radius 2 is 2.33 bits per heavy atom. The molecule has 0 aliphatic carbocycles. The molecule has 0 bridgehead atoms. The molecule has 1 rings (SSSR count). The Morgan fingerprint density at radius 3 is 2.78 bits per heavy atom. The number of aromatic nitrogens is 2. The molecule has 1 heterocycles. The largest absolute Gasteiger partial charge is 0.480 e. The van der Waals surface area contributed by atoms with Gasteiger partial charge in [0.15, 0.2) is 0 Å². The molecule has 3 heteroatoms. The SMILES string of the molecule is COc1nnccc1C. The highest BCUT2D eigenvalue weighted by Gasteiger charge is 1.94. The normalized spacial score (nSPS) is 9.11. The topological polar surface area (TPSA) is 35.0 Å². The van der Waals surface area contributed by atoms with E-state index in [0.717, 1.165) is 5.56 Å². The molecular formula is C6H8N2O. The minimum atomic E-state index is 0.595. The zero-order chi connectivity index (χ0) is 6.69. The molecule has 0 aliphatic rings. The maximum absolute atomic E-state index is 4.87. The molecule has 0 aromatic carbocycles. The number of rotatable bonds is 1. The van der Waals surface area contributed by atoms with E-state index in [1.165, 1.54) is 0 Å². The van der Waals surface area contributed by atoms with E-state index in [4.69, 9.17) is 4.74 Å². The van der Waals surface area contributed by atoms with Crippen LogP contribution < -0.4 is 4.74 Å². The lowest BCUT2D eigenvalue weighted by Gasteiger charge is -1.97. The minimum absolute atomic E-state index is 0.595. The number of ether oxygens (including phenoxy) is 1. The van der Waals surface area contributed by atoms with Crippen LogP contribution in [0.5, 0.6) is 5.88 Å². The van der Waals surface area contributed by atoms with Crippen molar-refractivity contribution >= 4 is 0 Å². The molecule has 1 aromatic rings. The second kappa shape index (κ2) is 2.44. The Labute approximate surface area is 53.7 Å². The van der Waals surface area contributed by atoms with E-state index in [1.807, 2.05) is 13.0 Å². The van der Waals surface area contributed by atoms with Crippen LogP contribution in [0.15, 0.2) is 12.3 Å². The third-order valence-corrected chi connectivity index (χ3v) is 1.07. The zero-order valence-corrected chi connectivity index (χ0v) is 5.46. The number of nitrogens with zero attached hydrogens (tertiary/aromatic N) is 2. The number of aryl methyl sites for hydroxylation is 1. The average Bonchev–Trinajstić information content (AvgIpc) is 1.89. The fourth-order valence-corrected chi connectivity index (χ4v) is 0.583. The third-order valence-electron chi connectivity index (χ3n) is 1.07. The van der Waals surface area contributed by atoms with Crippen LogP contribution in [0.25, 0.3) is 0 Å². The van der Waals surface area contributed by atoms with E-state index in [-0.39, 0.29) is 0 Å². The minimum Gasteiger partial charge on any atom is -0.480 e. The number of hydrogen-bond donors (Lipinski definition) is 0. The van der Waals surface area contributed by atoms with Crippen molar-refractivity contribution in [3.8, 4) is 5.88 Å². The van der Waals surface area contributed by atoms with E-state index < -0.39 is 0 Å². The van der Waals surface area contributed by atoms with Gasteiger partial charge < -0.3 is 4.74 Å². The molecule has 0 atom stereocenters. The van der Waals surface area contributed by atoms with Gasteiger partial charge in [-0.2, -0.15) is 5.10 Å². The van der Waals surface area contributed by atoms with Gasteiger partial charge in [-0.1, -0.05) is 0 Å². The fraction of sp³-hybridized carbons (Fsp3) is 0.333. The number of methoxy groups -OCH3 is 1. The first-order valence-corrected chi connectivity index (χ1v) is 2.67. The maximum atomic E-state index is 4.87. The summed E-state index contributed by atoms with van der Waals surface area (Å²) in [4.78, 5) is 0.